The third-order valence-electron chi connectivity index (χ3n) is 3.58. The van der Waals surface area contributed by atoms with Gasteiger partial charge in [-0.25, -0.2) is 0 Å². The molecule has 1 heterocycles. The predicted molar refractivity (Wildman–Crippen MR) is 74.3 cm³/mol. The van der Waals surface area contributed by atoms with Gasteiger partial charge in [-0.15, -0.1) is 0 Å². The van der Waals surface area contributed by atoms with Crippen molar-refractivity contribution in [1.82, 2.24) is 5.32 Å². The van der Waals surface area contributed by atoms with Crippen molar-refractivity contribution in [3.8, 4) is 0 Å². The van der Waals surface area contributed by atoms with Crippen LogP contribution in [0.5, 0.6) is 0 Å². The molecule has 1 aliphatic heterocycles. The van der Waals surface area contributed by atoms with Crippen molar-refractivity contribution in [2.75, 3.05) is 13.1 Å². The average Bonchev–Trinajstić information content (AvgIpc) is 2.63. The van der Waals surface area contributed by atoms with Crippen LogP contribution in [0.3, 0.4) is 0 Å². The van der Waals surface area contributed by atoms with Gasteiger partial charge in [-0.2, -0.15) is 0 Å². The van der Waals surface area contributed by atoms with E-state index in [-0.39, 0.29) is 0 Å². The molecule has 1 N–H and O–H groups in total. The Bertz CT molecular complexity index is 193. The van der Waals surface area contributed by atoms with Crippen molar-refractivity contribution < 1.29 is 4.74 Å². The standard InChI is InChI=1S/C15H31NO/c1-5-8-16-11-14(9-12(2)3)10-15-7-6-13(4)17-15/h12-16H,5-11H2,1-4H3. The fraction of sp³-hybridized carbons (Fsp3) is 1.00. The minimum absolute atomic E-state index is 0.489. The first-order chi connectivity index (χ1) is 8.11. The van der Waals surface area contributed by atoms with E-state index in [1.807, 2.05) is 0 Å². The Morgan fingerprint density at radius 2 is 2.06 bits per heavy atom. The van der Waals surface area contributed by atoms with Crippen molar-refractivity contribution in [2.45, 2.75) is 72.0 Å². The van der Waals surface area contributed by atoms with Crippen LogP contribution in [-0.4, -0.2) is 25.3 Å². The summed E-state index contributed by atoms with van der Waals surface area (Å²) in [7, 11) is 0. The van der Waals surface area contributed by atoms with Gasteiger partial charge in [0.05, 0.1) is 12.2 Å². The quantitative estimate of drug-likeness (QED) is 0.656. The molecule has 0 amide bonds. The van der Waals surface area contributed by atoms with Crippen LogP contribution in [0.1, 0.15) is 59.8 Å². The molecule has 17 heavy (non-hydrogen) atoms. The predicted octanol–water partition coefficient (Wildman–Crippen LogP) is 3.61. The van der Waals surface area contributed by atoms with E-state index in [0.717, 1.165) is 18.4 Å². The molecule has 2 heteroatoms. The number of rotatable bonds is 8. The van der Waals surface area contributed by atoms with Gasteiger partial charge in [-0.05, 0) is 64.0 Å². The van der Waals surface area contributed by atoms with Gasteiger partial charge in [0.15, 0.2) is 0 Å². The zero-order chi connectivity index (χ0) is 12.7. The van der Waals surface area contributed by atoms with Crippen LogP contribution in [-0.2, 0) is 4.74 Å². The highest BCUT2D eigenvalue weighted by molar-refractivity contribution is 4.76. The molecule has 1 saturated heterocycles. The summed E-state index contributed by atoms with van der Waals surface area (Å²) >= 11 is 0. The van der Waals surface area contributed by atoms with Gasteiger partial charge in [0.2, 0.25) is 0 Å². The fourth-order valence-corrected chi connectivity index (χ4v) is 2.84. The molecule has 0 bridgehead atoms. The Kier molecular flexibility index (Phi) is 7.14. The molecule has 2 nitrogen and oxygen atoms in total. The van der Waals surface area contributed by atoms with Crippen molar-refractivity contribution in [3.63, 3.8) is 0 Å². The van der Waals surface area contributed by atoms with Gasteiger partial charge in [0, 0.05) is 0 Å². The van der Waals surface area contributed by atoms with Gasteiger partial charge in [0.25, 0.3) is 0 Å². The Hall–Kier alpha value is -0.0800. The SMILES string of the molecule is CCCNCC(CC(C)C)CC1CCC(C)O1. The lowest BCUT2D eigenvalue weighted by Gasteiger charge is -2.23. The molecular weight excluding hydrogens is 210 g/mol. The zero-order valence-corrected chi connectivity index (χ0v) is 12.2. The molecule has 3 atom stereocenters. The van der Waals surface area contributed by atoms with E-state index < -0.39 is 0 Å². The van der Waals surface area contributed by atoms with E-state index in [0.29, 0.717) is 12.2 Å². The molecule has 1 aliphatic rings. The lowest BCUT2D eigenvalue weighted by Crippen LogP contribution is -2.27. The number of nitrogens with one attached hydrogen (secondary N) is 1. The summed E-state index contributed by atoms with van der Waals surface area (Å²) in [5.41, 5.74) is 0. The molecule has 0 aromatic heterocycles. The van der Waals surface area contributed by atoms with Crippen molar-refractivity contribution in [2.24, 2.45) is 11.8 Å². The molecule has 3 unspecified atom stereocenters. The van der Waals surface area contributed by atoms with Crippen molar-refractivity contribution in [1.29, 1.82) is 0 Å². The van der Waals surface area contributed by atoms with Gasteiger partial charge in [0.1, 0.15) is 0 Å². The van der Waals surface area contributed by atoms with Crippen LogP contribution in [0, 0.1) is 11.8 Å². The lowest BCUT2D eigenvalue weighted by atomic mass is 9.91. The first kappa shape index (κ1) is 15.0. The molecule has 0 aromatic carbocycles. The third kappa shape index (κ3) is 6.42. The summed E-state index contributed by atoms with van der Waals surface area (Å²) in [6.45, 7) is 11.4. The highest BCUT2D eigenvalue weighted by Crippen LogP contribution is 2.27. The van der Waals surface area contributed by atoms with Crippen LogP contribution in [0.4, 0.5) is 0 Å². The molecule has 102 valence electrons. The maximum absolute atomic E-state index is 5.95. The minimum atomic E-state index is 0.489. The molecule has 0 aromatic rings. The smallest absolute Gasteiger partial charge is 0.0582 e. The van der Waals surface area contributed by atoms with E-state index in [2.05, 4.69) is 33.0 Å². The monoisotopic (exact) mass is 241 g/mol. The van der Waals surface area contributed by atoms with Crippen LogP contribution in [0.25, 0.3) is 0 Å². The highest BCUT2D eigenvalue weighted by atomic mass is 16.5. The fourth-order valence-electron chi connectivity index (χ4n) is 2.84. The summed E-state index contributed by atoms with van der Waals surface area (Å²) in [4.78, 5) is 0. The van der Waals surface area contributed by atoms with Gasteiger partial charge in [-0.1, -0.05) is 20.8 Å². The second-order valence-corrected chi connectivity index (χ2v) is 6.08. The van der Waals surface area contributed by atoms with Gasteiger partial charge < -0.3 is 10.1 Å². The number of hydrogen-bond donors (Lipinski definition) is 1. The second-order valence-electron chi connectivity index (χ2n) is 6.08. The minimum Gasteiger partial charge on any atom is -0.375 e. The molecule has 0 spiro atoms. The first-order valence-corrected chi connectivity index (χ1v) is 7.48. The number of ether oxygens (including phenoxy) is 1. The number of hydrogen-bond acceptors (Lipinski definition) is 2. The normalized spacial score (nSPS) is 26.6. The van der Waals surface area contributed by atoms with E-state index in [9.17, 15) is 0 Å². The second kappa shape index (κ2) is 8.10. The molecule has 1 fully saturated rings. The maximum Gasteiger partial charge on any atom is 0.0582 e. The van der Waals surface area contributed by atoms with E-state index in [1.54, 1.807) is 0 Å². The largest absolute Gasteiger partial charge is 0.375 e. The molecule has 1 rings (SSSR count). The summed E-state index contributed by atoms with van der Waals surface area (Å²) in [5, 5.41) is 3.57. The van der Waals surface area contributed by atoms with Gasteiger partial charge in [-0.3, -0.25) is 0 Å². The van der Waals surface area contributed by atoms with Crippen LogP contribution < -0.4 is 5.32 Å². The summed E-state index contributed by atoms with van der Waals surface area (Å²) in [6.07, 6.45) is 7.33. The Labute approximate surface area is 108 Å². The third-order valence-corrected chi connectivity index (χ3v) is 3.58. The van der Waals surface area contributed by atoms with Crippen LogP contribution in [0.2, 0.25) is 0 Å². The topological polar surface area (TPSA) is 21.3 Å². The molecule has 0 radical (unpaired) electrons. The highest BCUT2D eigenvalue weighted by Gasteiger charge is 2.25. The molecular formula is C15H31NO. The summed E-state index contributed by atoms with van der Waals surface area (Å²) in [5.74, 6) is 1.58. The lowest BCUT2D eigenvalue weighted by molar-refractivity contribution is 0.0388. The van der Waals surface area contributed by atoms with Crippen molar-refractivity contribution >= 4 is 0 Å². The average molecular weight is 241 g/mol. The van der Waals surface area contributed by atoms with Crippen LogP contribution >= 0.6 is 0 Å². The summed E-state index contributed by atoms with van der Waals surface area (Å²) in [6, 6.07) is 0. The van der Waals surface area contributed by atoms with E-state index in [1.165, 1.54) is 38.6 Å². The van der Waals surface area contributed by atoms with Crippen molar-refractivity contribution in [3.05, 3.63) is 0 Å². The zero-order valence-electron chi connectivity index (χ0n) is 12.2. The Balaban J connectivity index is 2.28. The first-order valence-electron chi connectivity index (χ1n) is 7.48. The molecule has 0 saturated carbocycles. The summed E-state index contributed by atoms with van der Waals surface area (Å²) < 4.78 is 5.95. The van der Waals surface area contributed by atoms with Crippen LogP contribution in [0.15, 0.2) is 0 Å². The Morgan fingerprint density at radius 1 is 1.29 bits per heavy atom. The van der Waals surface area contributed by atoms with E-state index >= 15 is 0 Å². The van der Waals surface area contributed by atoms with E-state index in [4.69, 9.17) is 4.74 Å². The molecule has 0 aliphatic carbocycles. The Morgan fingerprint density at radius 3 is 2.59 bits per heavy atom. The van der Waals surface area contributed by atoms with Gasteiger partial charge >= 0.3 is 0 Å². The maximum atomic E-state index is 5.95.